The molecule has 100 valence electrons. The van der Waals surface area contributed by atoms with E-state index in [4.69, 9.17) is 25.5 Å². The van der Waals surface area contributed by atoms with Crippen molar-refractivity contribution in [2.45, 2.75) is 25.7 Å². The molecule has 7 nitrogen and oxygen atoms in total. The summed E-state index contributed by atoms with van der Waals surface area (Å²) in [6, 6.07) is 0. The van der Waals surface area contributed by atoms with Crippen LogP contribution in [0.15, 0.2) is 25.3 Å². The fraction of sp³-hybridized carbons (Fsp3) is 0.400. The number of carboxylic acid groups (broad SMARTS) is 2. The zero-order chi connectivity index (χ0) is 14.6. The highest BCUT2D eigenvalue weighted by Crippen LogP contribution is 2.01. The molecular formula is C10H18O7. The number of hydrogen-bond donors (Lipinski definition) is 5. The highest BCUT2D eigenvalue weighted by Gasteiger charge is 2.21. The molecule has 5 N–H and O–H groups in total. The maximum atomic E-state index is 9.25. The van der Waals surface area contributed by atoms with Gasteiger partial charge in [0, 0.05) is 12.2 Å². The molecule has 0 aromatic rings. The molecule has 0 bridgehead atoms. The minimum Gasteiger partial charge on any atom is -0.478 e. The second kappa shape index (κ2) is 10.8. The van der Waals surface area contributed by atoms with E-state index < -0.39 is 23.8 Å². The summed E-state index contributed by atoms with van der Waals surface area (Å²) < 4.78 is 0. The second-order valence-corrected chi connectivity index (χ2v) is 2.85. The van der Waals surface area contributed by atoms with Gasteiger partial charge >= 0.3 is 11.9 Å². The summed E-state index contributed by atoms with van der Waals surface area (Å²) in [5.74, 6) is -3.91. The fourth-order valence-corrected chi connectivity index (χ4v) is 0. The summed E-state index contributed by atoms with van der Waals surface area (Å²) in [6.07, 6.45) is 0.576. The van der Waals surface area contributed by atoms with Gasteiger partial charge in [-0.3, -0.25) is 0 Å². The molecule has 0 heterocycles. The van der Waals surface area contributed by atoms with E-state index in [1.807, 2.05) is 0 Å². The van der Waals surface area contributed by atoms with Crippen molar-refractivity contribution >= 4 is 11.9 Å². The van der Waals surface area contributed by atoms with Crippen molar-refractivity contribution in [2.75, 3.05) is 0 Å². The highest BCUT2D eigenvalue weighted by molar-refractivity contribution is 5.79. The van der Waals surface area contributed by atoms with Crippen LogP contribution in [0.3, 0.4) is 0 Å². The maximum absolute atomic E-state index is 9.25. The molecule has 0 radical (unpaired) electrons. The summed E-state index contributed by atoms with van der Waals surface area (Å²) in [5, 5.41) is 40.4. The van der Waals surface area contributed by atoms with Crippen LogP contribution in [-0.4, -0.2) is 49.4 Å². The van der Waals surface area contributed by atoms with Gasteiger partial charge in [0.1, 0.15) is 6.10 Å². The lowest BCUT2D eigenvalue weighted by molar-refractivity contribution is -0.205. The Morgan fingerprint density at radius 3 is 1.24 bits per heavy atom. The number of aliphatic carboxylic acids is 2. The second-order valence-electron chi connectivity index (χ2n) is 2.85. The Kier molecular flexibility index (Phi) is 13.1. The molecule has 17 heavy (non-hydrogen) atoms. The van der Waals surface area contributed by atoms with Gasteiger partial charge in [-0.2, -0.15) is 0 Å². The summed E-state index contributed by atoms with van der Waals surface area (Å²) in [6.45, 7) is 8.35. The molecular weight excluding hydrogens is 232 g/mol. The standard InChI is InChI=1S/C4H10O3.2C3H4O2/c1-3(5)4(2,6)7;2*1-2-3(4)5/h3,5-7H,1-2H3;2*2H,1H2,(H,4,5). The predicted molar refractivity (Wildman–Crippen MR) is 60.2 cm³/mol. The van der Waals surface area contributed by atoms with Crippen molar-refractivity contribution in [3.05, 3.63) is 25.3 Å². The molecule has 0 aliphatic carbocycles. The lowest BCUT2D eigenvalue weighted by atomic mass is 10.2. The van der Waals surface area contributed by atoms with Crippen LogP contribution < -0.4 is 0 Å². The van der Waals surface area contributed by atoms with Crippen LogP contribution >= 0.6 is 0 Å². The molecule has 1 atom stereocenters. The van der Waals surface area contributed by atoms with Crippen molar-refractivity contribution < 1.29 is 35.1 Å². The van der Waals surface area contributed by atoms with Crippen LogP contribution in [0.4, 0.5) is 0 Å². The topological polar surface area (TPSA) is 135 Å². The van der Waals surface area contributed by atoms with E-state index in [-0.39, 0.29) is 0 Å². The summed E-state index contributed by atoms with van der Waals surface area (Å²) in [5.41, 5.74) is 0. The van der Waals surface area contributed by atoms with Gasteiger partial charge in [0.05, 0.1) is 0 Å². The van der Waals surface area contributed by atoms with Gasteiger partial charge < -0.3 is 25.5 Å². The van der Waals surface area contributed by atoms with Gasteiger partial charge in [-0.1, -0.05) is 13.2 Å². The summed E-state index contributed by atoms with van der Waals surface area (Å²) in [4.78, 5) is 18.5. The lowest BCUT2D eigenvalue weighted by Crippen LogP contribution is -2.36. The number of aliphatic hydroxyl groups excluding tert-OH is 1. The number of hydrogen-bond acceptors (Lipinski definition) is 5. The molecule has 0 aromatic heterocycles. The van der Waals surface area contributed by atoms with E-state index in [1.54, 1.807) is 0 Å². The molecule has 0 rings (SSSR count). The maximum Gasteiger partial charge on any atom is 0.327 e. The Balaban J connectivity index is -0.000000177. The molecule has 0 aliphatic heterocycles. The van der Waals surface area contributed by atoms with Crippen LogP contribution in [0.5, 0.6) is 0 Å². The minimum absolute atomic E-state index is 0.833. The zero-order valence-electron chi connectivity index (χ0n) is 9.70. The first kappa shape index (κ1) is 20.7. The minimum atomic E-state index is -1.94. The highest BCUT2D eigenvalue weighted by atomic mass is 16.5. The Morgan fingerprint density at radius 1 is 1.12 bits per heavy atom. The number of rotatable bonds is 3. The van der Waals surface area contributed by atoms with Crippen molar-refractivity contribution in [1.82, 2.24) is 0 Å². The van der Waals surface area contributed by atoms with Gasteiger partial charge in [0.2, 0.25) is 0 Å². The monoisotopic (exact) mass is 250 g/mol. The third kappa shape index (κ3) is 31.4. The van der Waals surface area contributed by atoms with Crippen molar-refractivity contribution in [3.8, 4) is 0 Å². The van der Waals surface area contributed by atoms with Crippen molar-refractivity contribution in [3.63, 3.8) is 0 Å². The normalized spacial score (nSPS) is 10.6. The summed E-state index contributed by atoms with van der Waals surface area (Å²) >= 11 is 0. The third-order valence-corrected chi connectivity index (χ3v) is 1.14. The van der Waals surface area contributed by atoms with Gasteiger partial charge in [-0.15, -0.1) is 0 Å². The first-order valence-electron chi connectivity index (χ1n) is 4.32. The Hall–Kier alpha value is -1.70. The predicted octanol–water partition coefficient (Wildman–Crippen LogP) is -0.418. The van der Waals surface area contributed by atoms with Gasteiger partial charge in [0.25, 0.3) is 0 Å². The van der Waals surface area contributed by atoms with Gasteiger partial charge in [0.15, 0.2) is 5.79 Å². The largest absolute Gasteiger partial charge is 0.478 e. The molecule has 0 aromatic carbocycles. The molecule has 7 heteroatoms. The average molecular weight is 250 g/mol. The van der Waals surface area contributed by atoms with Crippen molar-refractivity contribution in [2.24, 2.45) is 0 Å². The Bertz CT molecular complexity index is 232. The molecule has 1 unspecified atom stereocenters. The first-order valence-corrected chi connectivity index (χ1v) is 4.32. The Labute approximate surface area is 99.0 Å². The lowest BCUT2D eigenvalue weighted by Gasteiger charge is -2.17. The molecule has 0 amide bonds. The quantitative estimate of drug-likeness (QED) is 0.339. The van der Waals surface area contributed by atoms with E-state index in [0.717, 1.165) is 19.1 Å². The van der Waals surface area contributed by atoms with Crippen LogP contribution in [0.2, 0.25) is 0 Å². The number of carboxylic acids is 2. The van der Waals surface area contributed by atoms with E-state index in [9.17, 15) is 9.59 Å². The smallest absolute Gasteiger partial charge is 0.327 e. The third-order valence-electron chi connectivity index (χ3n) is 1.14. The molecule has 0 spiro atoms. The molecule has 0 saturated heterocycles. The van der Waals surface area contributed by atoms with Crippen LogP contribution in [0.25, 0.3) is 0 Å². The molecule has 0 fully saturated rings. The van der Waals surface area contributed by atoms with Crippen LogP contribution in [-0.2, 0) is 9.59 Å². The van der Waals surface area contributed by atoms with Gasteiger partial charge in [-0.25, -0.2) is 9.59 Å². The van der Waals surface area contributed by atoms with E-state index in [1.165, 1.54) is 6.92 Å². The number of aliphatic hydroxyl groups is 3. The first-order chi connectivity index (χ1) is 7.48. The number of carbonyl (C=O) groups is 2. The van der Waals surface area contributed by atoms with E-state index >= 15 is 0 Å². The Morgan fingerprint density at radius 2 is 1.24 bits per heavy atom. The fourth-order valence-electron chi connectivity index (χ4n) is 0. The average Bonchev–Trinajstić information content (AvgIpc) is 2.18. The van der Waals surface area contributed by atoms with E-state index in [0.29, 0.717) is 0 Å². The summed E-state index contributed by atoms with van der Waals surface area (Å²) in [7, 11) is 0. The SMILES string of the molecule is C=CC(=O)O.C=CC(=O)O.CC(O)C(C)(O)O. The van der Waals surface area contributed by atoms with Crippen molar-refractivity contribution in [1.29, 1.82) is 0 Å². The van der Waals surface area contributed by atoms with Crippen LogP contribution in [0.1, 0.15) is 13.8 Å². The van der Waals surface area contributed by atoms with Crippen LogP contribution in [0, 0.1) is 0 Å². The van der Waals surface area contributed by atoms with E-state index in [2.05, 4.69) is 13.2 Å². The molecule has 0 saturated carbocycles. The zero-order valence-corrected chi connectivity index (χ0v) is 9.70. The van der Waals surface area contributed by atoms with Gasteiger partial charge in [-0.05, 0) is 13.8 Å². The molecule has 0 aliphatic rings.